The largest absolute Gasteiger partial charge is 0.341 e. The second kappa shape index (κ2) is 7.30. The molecule has 0 bridgehead atoms. The number of carbonyl (C=O) groups excluding carboxylic acids is 2. The summed E-state index contributed by atoms with van der Waals surface area (Å²) in [5.74, 6) is -0.631. The van der Waals surface area contributed by atoms with Gasteiger partial charge in [0.2, 0.25) is 11.8 Å². The van der Waals surface area contributed by atoms with Crippen molar-refractivity contribution in [2.75, 3.05) is 18.4 Å². The predicted molar refractivity (Wildman–Crippen MR) is 91.8 cm³/mol. The highest BCUT2D eigenvalue weighted by molar-refractivity contribution is 5.92. The number of nitrogens with zero attached hydrogens (tertiary/aromatic N) is 1. The maximum atomic E-state index is 12.9. The normalized spacial score (nSPS) is 17.5. The number of hydrogen-bond acceptors (Lipinski definition) is 3. The van der Waals surface area contributed by atoms with Gasteiger partial charge in [0.15, 0.2) is 0 Å². The van der Waals surface area contributed by atoms with Crippen LogP contribution < -0.4 is 11.1 Å². The van der Waals surface area contributed by atoms with E-state index in [0.29, 0.717) is 31.6 Å². The van der Waals surface area contributed by atoms with E-state index in [2.05, 4.69) is 5.32 Å². The van der Waals surface area contributed by atoms with Gasteiger partial charge in [-0.05, 0) is 42.5 Å². The highest BCUT2D eigenvalue weighted by Crippen LogP contribution is 2.24. The van der Waals surface area contributed by atoms with E-state index in [4.69, 9.17) is 5.73 Å². The Kier molecular flexibility index (Phi) is 5.59. The van der Waals surface area contributed by atoms with Crippen LogP contribution >= 0.6 is 0 Å². The van der Waals surface area contributed by atoms with Gasteiger partial charge in [0.25, 0.3) is 0 Å². The van der Waals surface area contributed by atoms with Crippen LogP contribution in [0.25, 0.3) is 0 Å². The number of halogens is 1. The first-order chi connectivity index (χ1) is 11.2. The maximum Gasteiger partial charge on any atom is 0.240 e. The SMILES string of the molecule is CC(C)(C)[C@H](N)C(=O)N1CCC(C(=O)Nc2ccc(F)cc2)CC1. The summed E-state index contributed by atoms with van der Waals surface area (Å²) in [6, 6.07) is 5.15. The summed E-state index contributed by atoms with van der Waals surface area (Å²) in [6.45, 7) is 6.89. The van der Waals surface area contributed by atoms with Gasteiger partial charge in [-0.1, -0.05) is 20.8 Å². The van der Waals surface area contributed by atoms with Gasteiger partial charge in [0.1, 0.15) is 5.82 Å². The average molecular weight is 335 g/mol. The third-order valence-corrected chi connectivity index (χ3v) is 4.49. The third kappa shape index (κ3) is 4.54. The molecule has 0 unspecified atom stereocenters. The van der Waals surface area contributed by atoms with E-state index in [1.165, 1.54) is 24.3 Å². The molecule has 3 N–H and O–H groups in total. The number of amides is 2. The molecule has 1 aliphatic rings. The van der Waals surface area contributed by atoms with Crippen molar-refractivity contribution in [3.05, 3.63) is 30.1 Å². The molecule has 0 aromatic heterocycles. The fourth-order valence-electron chi connectivity index (χ4n) is 2.71. The van der Waals surface area contributed by atoms with Crippen molar-refractivity contribution in [2.45, 2.75) is 39.7 Å². The van der Waals surface area contributed by atoms with Crippen LogP contribution in [0.5, 0.6) is 0 Å². The number of rotatable bonds is 3. The van der Waals surface area contributed by atoms with Gasteiger partial charge in [-0.2, -0.15) is 0 Å². The predicted octanol–water partition coefficient (Wildman–Crippen LogP) is 2.38. The first kappa shape index (κ1) is 18.4. The summed E-state index contributed by atoms with van der Waals surface area (Å²) in [7, 11) is 0. The molecule has 2 amide bonds. The molecule has 132 valence electrons. The van der Waals surface area contributed by atoms with Crippen molar-refractivity contribution in [1.82, 2.24) is 4.90 Å². The van der Waals surface area contributed by atoms with Gasteiger partial charge in [-0.15, -0.1) is 0 Å². The van der Waals surface area contributed by atoms with Crippen molar-refractivity contribution >= 4 is 17.5 Å². The summed E-state index contributed by atoms with van der Waals surface area (Å²) < 4.78 is 12.9. The lowest BCUT2D eigenvalue weighted by Gasteiger charge is -2.36. The minimum absolute atomic E-state index is 0.0557. The van der Waals surface area contributed by atoms with Crippen LogP contribution in [-0.4, -0.2) is 35.8 Å². The van der Waals surface area contributed by atoms with E-state index in [1.807, 2.05) is 20.8 Å². The van der Waals surface area contributed by atoms with E-state index in [1.54, 1.807) is 4.90 Å². The van der Waals surface area contributed by atoms with Gasteiger partial charge in [0.05, 0.1) is 6.04 Å². The average Bonchev–Trinajstić information content (AvgIpc) is 2.55. The first-order valence-electron chi connectivity index (χ1n) is 8.29. The summed E-state index contributed by atoms with van der Waals surface area (Å²) in [5, 5.41) is 2.80. The smallest absolute Gasteiger partial charge is 0.240 e. The van der Waals surface area contributed by atoms with Gasteiger partial charge < -0.3 is 16.0 Å². The standard InChI is InChI=1S/C18H26FN3O2/c1-18(2,3)15(20)17(24)22-10-8-12(9-11-22)16(23)21-14-6-4-13(19)5-7-14/h4-7,12,15H,8-11,20H2,1-3H3,(H,21,23)/t15-/m1/s1. The van der Waals surface area contributed by atoms with Crippen LogP contribution in [0.15, 0.2) is 24.3 Å². The number of carbonyl (C=O) groups is 2. The fourth-order valence-corrected chi connectivity index (χ4v) is 2.71. The van der Waals surface area contributed by atoms with Crippen molar-refractivity contribution in [3.63, 3.8) is 0 Å². The molecule has 1 saturated heterocycles. The zero-order valence-electron chi connectivity index (χ0n) is 14.5. The van der Waals surface area contributed by atoms with E-state index in [0.717, 1.165) is 0 Å². The lowest BCUT2D eigenvalue weighted by Crippen LogP contribution is -2.53. The third-order valence-electron chi connectivity index (χ3n) is 4.49. The number of nitrogens with two attached hydrogens (primary N) is 1. The Hall–Kier alpha value is -1.95. The molecule has 1 atom stereocenters. The van der Waals surface area contributed by atoms with E-state index in [-0.39, 0.29) is 29.0 Å². The van der Waals surface area contributed by atoms with Crippen molar-refractivity contribution in [1.29, 1.82) is 0 Å². The number of hydrogen-bond donors (Lipinski definition) is 2. The molecule has 1 fully saturated rings. The van der Waals surface area contributed by atoms with E-state index < -0.39 is 6.04 Å². The number of anilines is 1. The van der Waals surface area contributed by atoms with Gasteiger partial charge in [-0.3, -0.25) is 9.59 Å². The lowest BCUT2D eigenvalue weighted by molar-refractivity contribution is -0.137. The molecular formula is C18H26FN3O2. The number of piperidine rings is 1. The molecule has 2 rings (SSSR count). The minimum Gasteiger partial charge on any atom is -0.341 e. The molecule has 1 aromatic rings. The van der Waals surface area contributed by atoms with Crippen molar-refractivity contribution in [2.24, 2.45) is 17.1 Å². The van der Waals surface area contributed by atoms with Crippen LogP contribution in [0, 0.1) is 17.2 Å². The second-order valence-corrected chi connectivity index (χ2v) is 7.44. The summed E-state index contributed by atoms with van der Waals surface area (Å²) in [4.78, 5) is 26.4. The van der Waals surface area contributed by atoms with Crippen LogP contribution in [0.4, 0.5) is 10.1 Å². The molecule has 0 aliphatic carbocycles. The number of nitrogens with one attached hydrogen (secondary N) is 1. The number of benzene rings is 1. The topological polar surface area (TPSA) is 75.4 Å². The Balaban J connectivity index is 1.87. The fraction of sp³-hybridized carbons (Fsp3) is 0.556. The minimum atomic E-state index is -0.540. The second-order valence-electron chi connectivity index (χ2n) is 7.44. The van der Waals surface area contributed by atoms with E-state index >= 15 is 0 Å². The Bertz CT molecular complexity index is 587. The Morgan fingerprint density at radius 3 is 2.25 bits per heavy atom. The Labute approximate surface area is 142 Å². The quantitative estimate of drug-likeness (QED) is 0.890. The van der Waals surface area contributed by atoms with Gasteiger partial charge in [-0.25, -0.2) is 4.39 Å². The van der Waals surface area contributed by atoms with Crippen LogP contribution in [-0.2, 0) is 9.59 Å². The molecule has 5 nitrogen and oxygen atoms in total. The lowest BCUT2D eigenvalue weighted by atomic mass is 9.85. The number of likely N-dealkylation sites (tertiary alicyclic amines) is 1. The monoisotopic (exact) mass is 335 g/mol. The zero-order chi connectivity index (χ0) is 17.9. The molecule has 1 heterocycles. The maximum absolute atomic E-state index is 12.9. The Morgan fingerprint density at radius 1 is 1.21 bits per heavy atom. The zero-order valence-corrected chi connectivity index (χ0v) is 14.5. The van der Waals surface area contributed by atoms with E-state index in [9.17, 15) is 14.0 Å². The summed E-state index contributed by atoms with van der Waals surface area (Å²) >= 11 is 0. The molecule has 0 radical (unpaired) electrons. The van der Waals surface area contributed by atoms with Gasteiger partial charge in [0, 0.05) is 24.7 Å². The Morgan fingerprint density at radius 2 is 1.75 bits per heavy atom. The van der Waals surface area contributed by atoms with Crippen LogP contribution in [0.2, 0.25) is 0 Å². The molecule has 24 heavy (non-hydrogen) atoms. The van der Waals surface area contributed by atoms with Gasteiger partial charge >= 0.3 is 0 Å². The summed E-state index contributed by atoms with van der Waals surface area (Å²) in [5.41, 5.74) is 6.33. The molecule has 6 heteroatoms. The van der Waals surface area contributed by atoms with Crippen molar-refractivity contribution < 1.29 is 14.0 Å². The molecule has 1 aromatic carbocycles. The molecular weight excluding hydrogens is 309 g/mol. The molecule has 0 saturated carbocycles. The highest BCUT2D eigenvalue weighted by Gasteiger charge is 2.34. The molecule has 0 spiro atoms. The first-order valence-corrected chi connectivity index (χ1v) is 8.29. The van der Waals surface area contributed by atoms with Crippen LogP contribution in [0.1, 0.15) is 33.6 Å². The van der Waals surface area contributed by atoms with Crippen LogP contribution in [0.3, 0.4) is 0 Å². The van der Waals surface area contributed by atoms with Crippen molar-refractivity contribution in [3.8, 4) is 0 Å². The summed E-state index contributed by atoms with van der Waals surface area (Å²) in [6.07, 6.45) is 1.21. The highest BCUT2D eigenvalue weighted by atomic mass is 19.1. The molecule has 1 aliphatic heterocycles.